The van der Waals surface area contributed by atoms with E-state index in [1.54, 1.807) is 0 Å². The molecule has 0 bridgehead atoms. The number of para-hydroxylation sites is 6. The highest BCUT2D eigenvalue weighted by atomic mass is 16.5. The van der Waals surface area contributed by atoms with E-state index in [4.69, 9.17) is 9.72 Å². The quantitative estimate of drug-likeness (QED) is 0.165. The van der Waals surface area contributed by atoms with Gasteiger partial charge < -0.3 is 18.8 Å². The first-order valence-electron chi connectivity index (χ1n) is 25.2. The summed E-state index contributed by atoms with van der Waals surface area (Å²) in [4.78, 5) is 7.30. The van der Waals surface area contributed by atoms with E-state index in [0.29, 0.717) is 0 Å². The van der Waals surface area contributed by atoms with Gasteiger partial charge in [0.25, 0.3) is 0 Å². The number of nitrogens with zero attached hydrogens (tertiary/aromatic N) is 4. The summed E-state index contributed by atoms with van der Waals surface area (Å²) in [6, 6.07) is 79.9. The summed E-state index contributed by atoms with van der Waals surface area (Å²) in [7, 11) is 0. The maximum atomic E-state index is 6.47. The molecule has 4 heterocycles. The molecule has 0 fully saturated rings. The molecule has 0 spiro atoms. The van der Waals surface area contributed by atoms with Crippen molar-refractivity contribution in [2.75, 3.05) is 4.90 Å². The van der Waals surface area contributed by atoms with E-state index in [2.05, 4.69) is 240 Å². The molecular weight excluding hydrogens is 889 g/mol. The Balaban J connectivity index is 0.970. The number of ether oxygens (including phenoxy) is 1. The van der Waals surface area contributed by atoms with Gasteiger partial charge in [0, 0.05) is 55.8 Å². The maximum Gasteiger partial charge on any atom is 0.151 e. The molecule has 1 aliphatic carbocycles. The van der Waals surface area contributed by atoms with Gasteiger partial charge in [-0.15, -0.1) is 0 Å². The number of fused-ring (bicyclic) bond motifs is 17. The van der Waals surface area contributed by atoms with Crippen molar-refractivity contribution < 1.29 is 4.74 Å². The zero-order valence-electron chi connectivity index (χ0n) is 40.1. The Hall–Kier alpha value is -9.45. The van der Waals surface area contributed by atoms with Crippen molar-refractivity contribution in [2.24, 2.45) is 0 Å². The number of benzene rings is 11. The third-order valence-corrected chi connectivity index (χ3v) is 16.1. The third kappa shape index (κ3) is 5.59. The van der Waals surface area contributed by atoms with E-state index >= 15 is 0 Å². The first-order valence-corrected chi connectivity index (χ1v) is 25.2. The number of rotatable bonds is 4. The summed E-state index contributed by atoms with van der Waals surface area (Å²) in [6.45, 7) is 4.83. The van der Waals surface area contributed by atoms with Gasteiger partial charge in [-0.2, -0.15) is 0 Å². The second-order valence-corrected chi connectivity index (χ2v) is 20.3. The molecule has 3 aromatic heterocycles. The number of aromatic nitrogens is 3. The van der Waals surface area contributed by atoms with Crippen LogP contribution < -0.4 is 9.64 Å². The van der Waals surface area contributed by atoms with Gasteiger partial charge in [-0.05, 0) is 157 Å². The molecule has 0 saturated heterocycles. The Morgan fingerprint density at radius 1 is 0.356 bits per heavy atom. The summed E-state index contributed by atoms with van der Waals surface area (Å²) in [5.74, 6) is 1.66. The maximum absolute atomic E-state index is 6.47. The average Bonchev–Trinajstić information content (AvgIpc) is 4.04. The number of hydrogen-bond acceptors (Lipinski definition) is 3. The van der Waals surface area contributed by atoms with Crippen molar-refractivity contribution >= 4 is 93.0 Å². The van der Waals surface area contributed by atoms with Crippen LogP contribution in [0.5, 0.6) is 11.5 Å². The van der Waals surface area contributed by atoms with Gasteiger partial charge in [0.1, 0.15) is 0 Å². The smallest absolute Gasteiger partial charge is 0.151 e. The topological polar surface area (TPSA) is 35.2 Å². The normalized spacial score (nSPS) is 13.5. The van der Waals surface area contributed by atoms with Gasteiger partial charge in [-0.25, -0.2) is 0 Å². The summed E-state index contributed by atoms with van der Waals surface area (Å²) >= 11 is 0. The Kier molecular flexibility index (Phi) is 8.17. The fourth-order valence-electron chi connectivity index (χ4n) is 12.8. The van der Waals surface area contributed by atoms with Crippen molar-refractivity contribution in [3.63, 3.8) is 0 Å². The lowest BCUT2D eigenvalue weighted by atomic mass is 9.81. The van der Waals surface area contributed by atoms with E-state index in [1.165, 1.54) is 81.6 Å². The molecule has 0 unspecified atom stereocenters. The minimum atomic E-state index is -0.274. The Morgan fingerprint density at radius 3 is 1.62 bits per heavy atom. The Labute approximate surface area is 421 Å². The van der Waals surface area contributed by atoms with E-state index in [0.717, 1.165) is 67.6 Å². The highest BCUT2D eigenvalue weighted by molar-refractivity contribution is 6.26. The molecule has 342 valence electrons. The van der Waals surface area contributed by atoms with E-state index in [9.17, 15) is 0 Å². The first-order chi connectivity index (χ1) is 36.0. The van der Waals surface area contributed by atoms with Gasteiger partial charge in [0.15, 0.2) is 11.5 Å². The molecular formula is C68H44N4O. The monoisotopic (exact) mass is 932 g/mol. The molecule has 5 heteroatoms. The fraction of sp³-hybridized carbons (Fsp3) is 0.0441. The second-order valence-electron chi connectivity index (χ2n) is 20.3. The van der Waals surface area contributed by atoms with Crippen molar-refractivity contribution in [3.05, 3.63) is 242 Å². The van der Waals surface area contributed by atoms with Crippen molar-refractivity contribution in [1.82, 2.24) is 14.1 Å². The van der Waals surface area contributed by atoms with Crippen LogP contribution in [0.2, 0.25) is 0 Å². The Bertz CT molecular complexity index is 4650. The summed E-state index contributed by atoms with van der Waals surface area (Å²) in [5, 5.41) is 12.6. The van der Waals surface area contributed by atoms with Crippen molar-refractivity contribution in [1.29, 1.82) is 0 Å². The van der Waals surface area contributed by atoms with Gasteiger partial charge in [0.05, 0.1) is 39.6 Å². The summed E-state index contributed by atoms with van der Waals surface area (Å²) in [5.41, 5.74) is 17.1. The van der Waals surface area contributed by atoms with Gasteiger partial charge in [-0.3, -0.25) is 4.98 Å². The number of hydrogen-bond donors (Lipinski definition) is 0. The average molecular weight is 933 g/mol. The molecule has 0 N–H and O–H groups in total. The highest BCUT2D eigenvalue weighted by Crippen LogP contribution is 2.55. The molecule has 14 aromatic rings. The second kappa shape index (κ2) is 14.8. The molecule has 0 radical (unpaired) electrons. The predicted molar refractivity (Wildman–Crippen MR) is 303 cm³/mol. The standard InChI is InChI=1S/C68H44N4O/c1-68(2)57-37-51-48-24-9-7-22-46(48)45-21-6-8-23-47(45)50(51)35-52(57)53-36-55-54-33-41(56-39-69-40-64-67(56)49-25-10-11-26-59(49)70(64)42-17-4-3-5-18-42)31-32-60(54)71(63(55)38-58(53)68)43-19-16-20-44(34-43)72-61-27-12-14-29-65(61)73-66-30-15-13-28-62(66)72/h3-40H,1-2H3. The van der Waals surface area contributed by atoms with Crippen LogP contribution >= 0.6 is 0 Å². The van der Waals surface area contributed by atoms with Gasteiger partial charge in [0.2, 0.25) is 0 Å². The third-order valence-electron chi connectivity index (χ3n) is 16.1. The Morgan fingerprint density at radius 2 is 0.890 bits per heavy atom. The first kappa shape index (κ1) is 40.3. The van der Waals surface area contributed by atoms with Gasteiger partial charge in [-0.1, -0.05) is 135 Å². The number of anilines is 3. The van der Waals surface area contributed by atoms with E-state index in [1.807, 2.05) is 18.3 Å². The minimum absolute atomic E-state index is 0.274. The molecule has 5 nitrogen and oxygen atoms in total. The lowest BCUT2D eigenvalue weighted by molar-refractivity contribution is 0.477. The predicted octanol–water partition coefficient (Wildman–Crippen LogP) is 18.3. The molecule has 0 atom stereocenters. The van der Waals surface area contributed by atoms with Crippen LogP contribution in [-0.2, 0) is 5.41 Å². The van der Waals surface area contributed by atoms with Crippen LogP contribution in [0, 0.1) is 0 Å². The minimum Gasteiger partial charge on any atom is -0.453 e. The van der Waals surface area contributed by atoms with Crippen LogP contribution in [0.25, 0.3) is 110 Å². The largest absolute Gasteiger partial charge is 0.453 e. The van der Waals surface area contributed by atoms with Crippen molar-refractivity contribution in [2.45, 2.75) is 19.3 Å². The zero-order chi connectivity index (χ0) is 48.1. The summed E-state index contributed by atoms with van der Waals surface area (Å²) < 4.78 is 11.3. The summed E-state index contributed by atoms with van der Waals surface area (Å²) in [6.07, 6.45) is 4.08. The molecule has 73 heavy (non-hydrogen) atoms. The van der Waals surface area contributed by atoms with Crippen LogP contribution in [0.4, 0.5) is 17.1 Å². The van der Waals surface area contributed by atoms with Crippen LogP contribution in [0.3, 0.4) is 0 Å². The molecule has 2 aliphatic rings. The fourth-order valence-corrected chi connectivity index (χ4v) is 12.8. The van der Waals surface area contributed by atoms with E-state index < -0.39 is 0 Å². The molecule has 0 amide bonds. The molecule has 16 rings (SSSR count). The SMILES string of the molecule is CC1(C)c2cc3c4ccccc4c4ccccc4c3cc2-c2cc3c4cc(-c5cncc6c5c5ccccc5n6-c5ccccc5)ccc4n(-c4cccc(N5c6ccccc6Oc6ccccc65)c4)c3cc21. The highest BCUT2D eigenvalue weighted by Gasteiger charge is 2.37. The van der Waals surface area contributed by atoms with Crippen LogP contribution in [0.1, 0.15) is 25.0 Å². The lowest BCUT2D eigenvalue weighted by Crippen LogP contribution is -2.16. The zero-order valence-corrected chi connectivity index (χ0v) is 40.1. The molecule has 11 aromatic carbocycles. The molecule has 0 saturated carbocycles. The van der Waals surface area contributed by atoms with Crippen molar-refractivity contribution in [3.8, 4) is 45.1 Å². The van der Waals surface area contributed by atoms with Crippen LogP contribution in [0.15, 0.2) is 231 Å². The van der Waals surface area contributed by atoms with Gasteiger partial charge >= 0.3 is 0 Å². The van der Waals surface area contributed by atoms with Crippen LogP contribution in [-0.4, -0.2) is 14.1 Å². The lowest BCUT2D eigenvalue weighted by Gasteiger charge is -2.33. The number of pyridine rings is 1. The molecule has 1 aliphatic heterocycles. The van der Waals surface area contributed by atoms with E-state index in [-0.39, 0.29) is 5.41 Å².